The van der Waals surface area contributed by atoms with E-state index in [9.17, 15) is 9.59 Å². The van der Waals surface area contributed by atoms with Crippen molar-refractivity contribution in [2.75, 3.05) is 5.32 Å². The van der Waals surface area contributed by atoms with Crippen molar-refractivity contribution in [3.63, 3.8) is 0 Å². The van der Waals surface area contributed by atoms with Crippen LogP contribution in [-0.2, 0) is 4.79 Å². The molecule has 0 radical (unpaired) electrons. The molecule has 158 valence electrons. The van der Waals surface area contributed by atoms with E-state index < -0.39 is 12.0 Å². The number of para-hydroxylation sites is 1. The van der Waals surface area contributed by atoms with Gasteiger partial charge in [0.1, 0.15) is 5.58 Å². The molecular formula is C24H20ClNO5. The van der Waals surface area contributed by atoms with E-state index >= 15 is 0 Å². The number of hydrogen-bond acceptors (Lipinski definition) is 5. The summed E-state index contributed by atoms with van der Waals surface area (Å²) in [4.78, 5) is 26.1. The quantitative estimate of drug-likeness (QED) is 0.411. The molecule has 0 saturated carbocycles. The summed E-state index contributed by atoms with van der Waals surface area (Å²) in [5.41, 5.74) is 1.47. The summed E-state index contributed by atoms with van der Waals surface area (Å²) in [5, 5.41) is 3.69. The maximum atomic E-state index is 13.2. The molecule has 0 spiro atoms. The van der Waals surface area contributed by atoms with Gasteiger partial charge in [0.15, 0.2) is 11.9 Å². The van der Waals surface area contributed by atoms with Crippen molar-refractivity contribution < 1.29 is 18.4 Å². The van der Waals surface area contributed by atoms with Gasteiger partial charge in [-0.2, -0.15) is 0 Å². The van der Waals surface area contributed by atoms with Crippen LogP contribution in [0, 0.1) is 6.92 Å². The highest BCUT2D eigenvalue weighted by atomic mass is 35.5. The molecule has 0 aliphatic heterocycles. The van der Waals surface area contributed by atoms with Gasteiger partial charge in [-0.05, 0) is 55.3 Å². The predicted octanol–water partition coefficient (Wildman–Crippen LogP) is 5.81. The number of furan rings is 1. The Hall–Kier alpha value is -3.51. The molecule has 1 amide bonds. The number of halogens is 1. The van der Waals surface area contributed by atoms with Crippen LogP contribution in [0.25, 0.3) is 22.5 Å². The summed E-state index contributed by atoms with van der Waals surface area (Å²) in [6, 6.07) is 15.4. The number of fused-ring (bicyclic) bond motifs is 1. The summed E-state index contributed by atoms with van der Waals surface area (Å²) in [6.07, 6.45) is 0.868. The lowest BCUT2D eigenvalue weighted by molar-refractivity contribution is -0.122. The average Bonchev–Trinajstić information content (AvgIpc) is 3.30. The van der Waals surface area contributed by atoms with E-state index in [-0.39, 0.29) is 16.9 Å². The first-order valence-electron chi connectivity index (χ1n) is 9.81. The second-order valence-corrected chi connectivity index (χ2v) is 7.44. The maximum Gasteiger partial charge on any atom is 0.265 e. The van der Waals surface area contributed by atoms with Gasteiger partial charge < -0.3 is 18.9 Å². The smallest absolute Gasteiger partial charge is 0.265 e. The fourth-order valence-electron chi connectivity index (χ4n) is 3.16. The summed E-state index contributed by atoms with van der Waals surface area (Å²) >= 11 is 6.15. The lowest BCUT2D eigenvalue weighted by Crippen LogP contribution is -2.34. The Morgan fingerprint density at radius 3 is 2.68 bits per heavy atom. The molecule has 0 fully saturated rings. The number of amides is 1. The Kier molecular flexibility index (Phi) is 5.82. The zero-order valence-electron chi connectivity index (χ0n) is 17.0. The Balaban J connectivity index is 1.70. The molecule has 2 aromatic carbocycles. The van der Waals surface area contributed by atoms with Crippen molar-refractivity contribution in [3.05, 3.63) is 81.7 Å². The minimum atomic E-state index is -0.933. The van der Waals surface area contributed by atoms with Crippen molar-refractivity contribution in [2.24, 2.45) is 0 Å². The molecule has 2 aromatic heterocycles. The first-order chi connectivity index (χ1) is 15.0. The molecule has 4 aromatic rings. The summed E-state index contributed by atoms with van der Waals surface area (Å²) in [5.74, 6) is -0.00489. The number of anilines is 1. The van der Waals surface area contributed by atoms with Gasteiger partial charge in [-0.15, -0.1) is 0 Å². The molecule has 2 heterocycles. The Labute approximate surface area is 183 Å². The molecule has 1 atom stereocenters. The lowest BCUT2D eigenvalue weighted by Gasteiger charge is -2.18. The molecular weight excluding hydrogens is 418 g/mol. The third-order valence-corrected chi connectivity index (χ3v) is 5.27. The molecule has 31 heavy (non-hydrogen) atoms. The number of rotatable bonds is 6. The molecule has 1 unspecified atom stereocenters. The fraction of sp³-hybridized carbons (Fsp3) is 0.167. The van der Waals surface area contributed by atoms with Crippen LogP contribution in [0.15, 0.2) is 74.5 Å². The van der Waals surface area contributed by atoms with Gasteiger partial charge in [-0.1, -0.05) is 36.7 Å². The van der Waals surface area contributed by atoms with E-state index in [0.29, 0.717) is 33.9 Å². The van der Waals surface area contributed by atoms with Crippen molar-refractivity contribution in [3.8, 4) is 17.3 Å². The first kappa shape index (κ1) is 20.8. The third kappa shape index (κ3) is 4.20. The van der Waals surface area contributed by atoms with Crippen LogP contribution in [0.1, 0.15) is 18.9 Å². The number of aryl methyl sites for hydroxylation is 1. The lowest BCUT2D eigenvalue weighted by atomic mass is 10.1. The molecule has 6 nitrogen and oxygen atoms in total. The van der Waals surface area contributed by atoms with E-state index in [2.05, 4.69) is 5.32 Å². The van der Waals surface area contributed by atoms with Crippen LogP contribution in [0.2, 0.25) is 5.02 Å². The number of nitrogens with one attached hydrogen (secondary N) is 1. The number of ether oxygens (including phenoxy) is 1. The second-order valence-electron chi connectivity index (χ2n) is 7.03. The zero-order valence-corrected chi connectivity index (χ0v) is 17.7. The summed E-state index contributed by atoms with van der Waals surface area (Å²) in [7, 11) is 0. The number of hydrogen-bond donors (Lipinski definition) is 1. The highest BCUT2D eigenvalue weighted by molar-refractivity contribution is 6.31. The molecule has 0 saturated heterocycles. The van der Waals surface area contributed by atoms with Gasteiger partial charge in [0.05, 0.1) is 11.6 Å². The largest absolute Gasteiger partial charge is 0.473 e. The van der Waals surface area contributed by atoms with Crippen LogP contribution in [0.4, 0.5) is 5.69 Å². The van der Waals surface area contributed by atoms with E-state index in [1.165, 1.54) is 6.26 Å². The van der Waals surface area contributed by atoms with Crippen LogP contribution in [0.5, 0.6) is 5.75 Å². The Bertz CT molecular complexity index is 1290. The van der Waals surface area contributed by atoms with E-state index in [0.717, 1.165) is 5.56 Å². The SMILES string of the molecule is CCC(Oc1c(-c2ccco2)oc2ccccc2c1=O)C(=O)Nc1ccc(C)c(Cl)c1. The van der Waals surface area contributed by atoms with Crippen LogP contribution in [-0.4, -0.2) is 12.0 Å². The fourth-order valence-corrected chi connectivity index (χ4v) is 3.34. The average molecular weight is 438 g/mol. The minimum absolute atomic E-state index is 0.0717. The van der Waals surface area contributed by atoms with Crippen molar-refractivity contribution >= 4 is 34.2 Å². The van der Waals surface area contributed by atoms with Crippen molar-refractivity contribution in [1.29, 1.82) is 0 Å². The third-order valence-electron chi connectivity index (χ3n) is 4.86. The predicted molar refractivity (Wildman–Crippen MR) is 120 cm³/mol. The van der Waals surface area contributed by atoms with Gasteiger partial charge in [0.2, 0.25) is 16.9 Å². The van der Waals surface area contributed by atoms with Crippen LogP contribution in [0.3, 0.4) is 0 Å². The molecule has 0 aliphatic carbocycles. The van der Waals surface area contributed by atoms with Crippen molar-refractivity contribution in [1.82, 2.24) is 0 Å². The van der Waals surface area contributed by atoms with Gasteiger partial charge >= 0.3 is 0 Å². The Morgan fingerprint density at radius 1 is 1.16 bits per heavy atom. The van der Waals surface area contributed by atoms with Crippen LogP contribution >= 0.6 is 11.6 Å². The number of benzene rings is 2. The molecule has 4 rings (SSSR count). The Morgan fingerprint density at radius 2 is 1.97 bits per heavy atom. The second kappa shape index (κ2) is 8.70. The molecule has 1 N–H and O–H groups in total. The highest BCUT2D eigenvalue weighted by Crippen LogP contribution is 2.32. The molecule has 0 bridgehead atoms. The number of carbonyl (C=O) groups is 1. The normalized spacial score (nSPS) is 12.0. The highest BCUT2D eigenvalue weighted by Gasteiger charge is 2.26. The number of carbonyl (C=O) groups excluding carboxylic acids is 1. The standard InChI is InChI=1S/C24H20ClNO5/c1-3-18(24(28)26-15-11-10-14(2)17(25)13-15)30-23-21(27)16-7-4-5-8-19(16)31-22(23)20-9-6-12-29-20/h4-13,18H,3H2,1-2H3,(H,26,28). The topological polar surface area (TPSA) is 81.7 Å². The monoisotopic (exact) mass is 437 g/mol. The minimum Gasteiger partial charge on any atom is -0.473 e. The van der Waals surface area contributed by atoms with E-state index in [1.807, 2.05) is 13.0 Å². The molecule has 7 heteroatoms. The van der Waals surface area contributed by atoms with Gasteiger partial charge in [-0.3, -0.25) is 9.59 Å². The van der Waals surface area contributed by atoms with E-state index in [1.54, 1.807) is 55.5 Å². The van der Waals surface area contributed by atoms with Gasteiger partial charge in [-0.25, -0.2) is 0 Å². The molecule has 0 aliphatic rings. The first-order valence-corrected chi connectivity index (χ1v) is 10.2. The van der Waals surface area contributed by atoms with Crippen LogP contribution < -0.4 is 15.5 Å². The summed E-state index contributed by atoms with van der Waals surface area (Å²) < 4.78 is 17.3. The summed E-state index contributed by atoms with van der Waals surface area (Å²) in [6.45, 7) is 3.67. The van der Waals surface area contributed by atoms with E-state index in [4.69, 9.17) is 25.2 Å². The van der Waals surface area contributed by atoms with Crippen molar-refractivity contribution in [2.45, 2.75) is 26.4 Å². The maximum absolute atomic E-state index is 13.2. The zero-order chi connectivity index (χ0) is 22.0. The van der Waals surface area contributed by atoms with Gasteiger partial charge in [0.25, 0.3) is 5.91 Å². The van der Waals surface area contributed by atoms with Gasteiger partial charge in [0, 0.05) is 10.7 Å².